The monoisotopic (exact) mass is 205 g/mol. The molecular weight excluding hydrogens is 182 g/mol. The molecule has 0 spiro atoms. The Morgan fingerprint density at radius 1 is 1.40 bits per heavy atom. The molecule has 1 rings (SSSR count). The Labute approximate surface area is 94.2 Å². The molecule has 1 aliphatic rings. The minimum atomic E-state index is -0.0208. The van der Waals surface area contributed by atoms with Gasteiger partial charge in [0, 0.05) is 0 Å². The van der Waals surface area contributed by atoms with Crippen molar-refractivity contribution in [2.45, 2.75) is 59.3 Å². The van der Waals surface area contributed by atoms with Crippen LogP contribution in [0.25, 0.3) is 0 Å². The van der Waals surface area contributed by atoms with Crippen LogP contribution >= 0.6 is 0 Å². The first-order chi connectivity index (χ1) is 7.06. The van der Waals surface area contributed by atoms with Crippen LogP contribution in [0.1, 0.15) is 59.3 Å². The molecule has 1 nitrogen and oxygen atoms in total. The maximum absolute atomic E-state index is 9.03. The molecule has 0 radical (unpaired) electrons. The van der Waals surface area contributed by atoms with E-state index in [1.54, 1.807) is 0 Å². The van der Waals surface area contributed by atoms with Crippen molar-refractivity contribution in [1.29, 1.82) is 5.26 Å². The second-order valence-electron chi connectivity index (χ2n) is 5.47. The molecule has 1 fully saturated rings. The van der Waals surface area contributed by atoms with Crippen molar-refractivity contribution in [3.05, 3.63) is 11.6 Å². The van der Waals surface area contributed by atoms with Gasteiger partial charge in [-0.1, -0.05) is 11.6 Å². The standard InChI is InChI=1S/C14H23N/c1-12(2)5-4-6-13-7-9-14(3,11-15)10-8-13/h5,13H,4,6-10H2,1-3H3. The lowest BCUT2D eigenvalue weighted by Gasteiger charge is -2.31. The van der Waals surface area contributed by atoms with E-state index in [4.69, 9.17) is 5.26 Å². The van der Waals surface area contributed by atoms with Crippen LogP contribution in [-0.4, -0.2) is 0 Å². The molecule has 0 amide bonds. The van der Waals surface area contributed by atoms with Crippen molar-refractivity contribution in [3.63, 3.8) is 0 Å². The molecule has 0 unspecified atom stereocenters. The van der Waals surface area contributed by atoms with Gasteiger partial charge >= 0.3 is 0 Å². The first-order valence-electron chi connectivity index (χ1n) is 6.10. The van der Waals surface area contributed by atoms with E-state index in [-0.39, 0.29) is 5.41 Å². The van der Waals surface area contributed by atoms with Crippen LogP contribution in [0.2, 0.25) is 0 Å². The minimum absolute atomic E-state index is 0.0208. The highest BCUT2D eigenvalue weighted by atomic mass is 14.4. The van der Waals surface area contributed by atoms with Crippen molar-refractivity contribution in [3.8, 4) is 6.07 Å². The van der Waals surface area contributed by atoms with E-state index in [2.05, 4.69) is 32.9 Å². The summed E-state index contributed by atoms with van der Waals surface area (Å²) in [6.07, 6.45) is 9.56. The average Bonchev–Trinajstić information content (AvgIpc) is 2.21. The number of nitrogens with zero attached hydrogens (tertiary/aromatic N) is 1. The molecule has 1 saturated carbocycles. The molecule has 84 valence electrons. The largest absolute Gasteiger partial charge is 0.198 e. The molecule has 15 heavy (non-hydrogen) atoms. The summed E-state index contributed by atoms with van der Waals surface area (Å²) in [6, 6.07) is 2.46. The smallest absolute Gasteiger partial charge is 0.0686 e. The minimum Gasteiger partial charge on any atom is -0.198 e. The number of hydrogen-bond donors (Lipinski definition) is 0. The van der Waals surface area contributed by atoms with E-state index in [1.807, 2.05) is 0 Å². The van der Waals surface area contributed by atoms with E-state index in [9.17, 15) is 0 Å². The fraction of sp³-hybridized carbons (Fsp3) is 0.786. The molecule has 0 bridgehead atoms. The van der Waals surface area contributed by atoms with Crippen molar-refractivity contribution < 1.29 is 0 Å². The molecule has 0 saturated heterocycles. The molecule has 0 N–H and O–H groups in total. The van der Waals surface area contributed by atoms with Gasteiger partial charge in [-0.15, -0.1) is 0 Å². The highest BCUT2D eigenvalue weighted by molar-refractivity contribution is 4.99. The van der Waals surface area contributed by atoms with Crippen LogP contribution in [0.5, 0.6) is 0 Å². The molecule has 0 aliphatic heterocycles. The molecule has 0 aromatic carbocycles. The van der Waals surface area contributed by atoms with Crippen LogP contribution in [0.3, 0.4) is 0 Å². The highest BCUT2D eigenvalue weighted by Gasteiger charge is 2.30. The summed E-state index contributed by atoms with van der Waals surface area (Å²) in [5.74, 6) is 0.863. The van der Waals surface area contributed by atoms with Crippen molar-refractivity contribution in [2.24, 2.45) is 11.3 Å². The van der Waals surface area contributed by atoms with Gasteiger partial charge in [-0.3, -0.25) is 0 Å². The summed E-state index contributed by atoms with van der Waals surface area (Å²) in [6.45, 7) is 6.43. The average molecular weight is 205 g/mol. The van der Waals surface area contributed by atoms with Crippen LogP contribution < -0.4 is 0 Å². The van der Waals surface area contributed by atoms with E-state index < -0.39 is 0 Å². The van der Waals surface area contributed by atoms with Gasteiger partial charge in [-0.05, 0) is 65.2 Å². The third kappa shape index (κ3) is 4.08. The summed E-state index contributed by atoms with van der Waals surface area (Å²) in [5, 5.41) is 9.03. The van der Waals surface area contributed by atoms with E-state index >= 15 is 0 Å². The van der Waals surface area contributed by atoms with Crippen molar-refractivity contribution in [2.75, 3.05) is 0 Å². The summed E-state index contributed by atoms with van der Waals surface area (Å²) in [7, 11) is 0. The normalized spacial score (nSPS) is 30.7. The SMILES string of the molecule is CC(C)=CCCC1CCC(C)(C#N)CC1. The molecule has 1 aliphatic carbocycles. The molecule has 0 heterocycles. The number of allylic oxidation sites excluding steroid dienone is 2. The lowest BCUT2D eigenvalue weighted by atomic mass is 9.71. The fourth-order valence-electron chi connectivity index (χ4n) is 2.32. The first kappa shape index (κ1) is 12.3. The number of rotatable bonds is 3. The first-order valence-corrected chi connectivity index (χ1v) is 6.10. The van der Waals surface area contributed by atoms with Crippen molar-refractivity contribution in [1.82, 2.24) is 0 Å². The predicted octanol–water partition coefficient (Wildman–Crippen LogP) is 4.45. The third-order valence-corrected chi connectivity index (χ3v) is 3.61. The zero-order chi connectivity index (χ0) is 11.3. The summed E-state index contributed by atoms with van der Waals surface area (Å²) >= 11 is 0. The maximum Gasteiger partial charge on any atom is 0.0686 e. The number of hydrogen-bond acceptors (Lipinski definition) is 1. The summed E-state index contributed by atoms with van der Waals surface area (Å²) in [5.41, 5.74) is 1.40. The highest BCUT2D eigenvalue weighted by Crippen LogP contribution is 2.39. The Morgan fingerprint density at radius 2 is 2.00 bits per heavy atom. The van der Waals surface area contributed by atoms with Crippen LogP contribution in [0, 0.1) is 22.7 Å². The Bertz CT molecular complexity index is 258. The van der Waals surface area contributed by atoms with Gasteiger partial charge in [0.15, 0.2) is 0 Å². The van der Waals surface area contributed by atoms with Gasteiger partial charge in [-0.2, -0.15) is 5.26 Å². The lowest BCUT2D eigenvalue weighted by molar-refractivity contribution is 0.222. The Balaban J connectivity index is 2.27. The van der Waals surface area contributed by atoms with Crippen LogP contribution in [0.15, 0.2) is 11.6 Å². The van der Waals surface area contributed by atoms with Gasteiger partial charge in [0.1, 0.15) is 0 Å². The van der Waals surface area contributed by atoms with Gasteiger partial charge in [0.05, 0.1) is 11.5 Å². The number of nitriles is 1. The van der Waals surface area contributed by atoms with Gasteiger partial charge in [0.25, 0.3) is 0 Å². The van der Waals surface area contributed by atoms with Gasteiger partial charge in [0.2, 0.25) is 0 Å². The lowest BCUT2D eigenvalue weighted by Crippen LogP contribution is -2.22. The summed E-state index contributed by atoms with van der Waals surface area (Å²) in [4.78, 5) is 0. The van der Waals surface area contributed by atoms with Gasteiger partial charge < -0.3 is 0 Å². The van der Waals surface area contributed by atoms with Crippen LogP contribution in [-0.2, 0) is 0 Å². The molecule has 0 aromatic rings. The van der Waals surface area contributed by atoms with E-state index in [0.717, 1.165) is 18.8 Å². The zero-order valence-corrected chi connectivity index (χ0v) is 10.3. The maximum atomic E-state index is 9.03. The Hall–Kier alpha value is -0.770. The van der Waals surface area contributed by atoms with E-state index in [1.165, 1.54) is 31.3 Å². The zero-order valence-electron chi connectivity index (χ0n) is 10.3. The third-order valence-electron chi connectivity index (χ3n) is 3.61. The molecule has 0 aromatic heterocycles. The fourth-order valence-corrected chi connectivity index (χ4v) is 2.32. The quantitative estimate of drug-likeness (QED) is 0.624. The van der Waals surface area contributed by atoms with E-state index in [0.29, 0.717) is 0 Å². The topological polar surface area (TPSA) is 23.8 Å². The second-order valence-corrected chi connectivity index (χ2v) is 5.47. The molecule has 0 atom stereocenters. The molecular formula is C14H23N. The predicted molar refractivity (Wildman–Crippen MR) is 64.3 cm³/mol. The Morgan fingerprint density at radius 3 is 2.47 bits per heavy atom. The van der Waals surface area contributed by atoms with Crippen molar-refractivity contribution >= 4 is 0 Å². The summed E-state index contributed by atoms with van der Waals surface area (Å²) < 4.78 is 0. The second kappa shape index (κ2) is 5.35. The van der Waals surface area contributed by atoms with Crippen LogP contribution in [0.4, 0.5) is 0 Å². The molecule has 1 heteroatoms. The van der Waals surface area contributed by atoms with Gasteiger partial charge in [-0.25, -0.2) is 0 Å². The Kier molecular flexibility index (Phi) is 4.39.